The van der Waals surface area contributed by atoms with E-state index < -0.39 is 10.8 Å². The molecule has 0 aliphatic heterocycles. The van der Waals surface area contributed by atoms with Crippen molar-refractivity contribution in [2.45, 2.75) is 25.8 Å². The van der Waals surface area contributed by atoms with Gasteiger partial charge in [0, 0.05) is 40.5 Å². The Morgan fingerprint density at radius 3 is 2.16 bits per heavy atom. The van der Waals surface area contributed by atoms with Crippen LogP contribution in [-0.4, -0.2) is 25.8 Å². The van der Waals surface area contributed by atoms with Crippen LogP contribution in [0.1, 0.15) is 19.3 Å². The highest BCUT2D eigenvalue weighted by molar-refractivity contribution is 7.84. The third-order valence-electron chi connectivity index (χ3n) is 4.26. The number of hydrogen-bond acceptors (Lipinski definition) is 2. The first-order chi connectivity index (χ1) is 12.3. The van der Waals surface area contributed by atoms with Gasteiger partial charge in [-0.3, -0.25) is 4.21 Å². The van der Waals surface area contributed by atoms with Gasteiger partial charge in [0.15, 0.2) is 0 Å². The first kappa shape index (κ1) is 17.6. The summed E-state index contributed by atoms with van der Waals surface area (Å²) >= 11 is 0. The predicted octanol–water partition coefficient (Wildman–Crippen LogP) is 4.77. The predicted molar refractivity (Wildman–Crippen MR) is 106 cm³/mol. The molecular formula is C21H24N2OS. The minimum Gasteiger partial charge on any atom is -0.330 e. The fourth-order valence-electron chi connectivity index (χ4n) is 3.02. The van der Waals surface area contributed by atoms with Crippen LogP contribution in [0.3, 0.4) is 0 Å². The average Bonchev–Trinajstić information content (AvgIpc) is 3.06. The molecule has 130 valence electrons. The van der Waals surface area contributed by atoms with Crippen molar-refractivity contribution in [3.63, 3.8) is 0 Å². The number of aromatic nitrogens is 2. The maximum absolute atomic E-state index is 11.2. The number of nitrogens with zero attached hydrogens (tertiary/aromatic N) is 2. The van der Waals surface area contributed by atoms with Crippen LogP contribution in [0, 0.1) is 0 Å². The van der Waals surface area contributed by atoms with E-state index in [1.165, 1.54) is 11.3 Å². The van der Waals surface area contributed by atoms with E-state index in [2.05, 4.69) is 41.0 Å². The second-order valence-electron chi connectivity index (χ2n) is 6.21. The molecule has 1 atom stereocenters. The Kier molecular flexibility index (Phi) is 6.18. The Hall–Kier alpha value is -2.20. The number of imidazole rings is 1. The summed E-state index contributed by atoms with van der Waals surface area (Å²) in [5.74, 6) is 0.796. The molecule has 0 saturated carbocycles. The van der Waals surface area contributed by atoms with Crippen molar-refractivity contribution in [3.8, 4) is 22.5 Å². The van der Waals surface area contributed by atoms with Crippen molar-refractivity contribution in [2.24, 2.45) is 0 Å². The van der Waals surface area contributed by atoms with Crippen LogP contribution in [0.15, 0.2) is 67.0 Å². The lowest BCUT2D eigenvalue weighted by molar-refractivity contribution is 0.604. The maximum atomic E-state index is 11.2. The smallest absolute Gasteiger partial charge is 0.0963 e. The fourth-order valence-corrected chi connectivity index (χ4v) is 3.63. The summed E-state index contributed by atoms with van der Waals surface area (Å²) in [5.41, 5.74) is 4.53. The molecule has 3 rings (SSSR count). The molecule has 1 heterocycles. The quantitative estimate of drug-likeness (QED) is 0.548. The molecule has 0 amide bonds. The van der Waals surface area contributed by atoms with E-state index in [4.69, 9.17) is 4.98 Å². The van der Waals surface area contributed by atoms with Gasteiger partial charge in [0.2, 0.25) is 0 Å². The molecule has 1 aromatic heterocycles. The van der Waals surface area contributed by atoms with Gasteiger partial charge in [-0.1, -0.05) is 67.1 Å². The number of benzene rings is 2. The molecule has 0 aliphatic carbocycles. The standard InChI is InChI=1S/C21H24N2OS/c1-25(24)16-10-4-9-15-23-17-22-20(18-11-5-2-6-12-18)21(23)19-13-7-3-8-14-19/h2-3,5-8,11-14,17H,4,9-10,15-16H2,1H3. The molecule has 0 N–H and O–H groups in total. The second kappa shape index (κ2) is 8.77. The molecule has 3 aromatic rings. The number of rotatable bonds is 8. The van der Waals surface area contributed by atoms with Crippen LogP contribution in [0.2, 0.25) is 0 Å². The van der Waals surface area contributed by atoms with E-state index in [1.54, 1.807) is 6.26 Å². The molecular weight excluding hydrogens is 328 g/mol. The molecule has 0 saturated heterocycles. The first-order valence-electron chi connectivity index (χ1n) is 8.71. The molecule has 0 aliphatic rings. The molecule has 0 bridgehead atoms. The summed E-state index contributed by atoms with van der Waals surface area (Å²) < 4.78 is 13.4. The van der Waals surface area contributed by atoms with Crippen LogP contribution in [-0.2, 0) is 17.3 Å². The van der Waals surface area contributed by atoms with E-state index >= 15 is 0 Å². The molecule has 25 heavy (non-hydrogen) atoms. The minimum atomic E-state index is -0.688. The molecule has 3 nitrogen and oxygen atoms in total. The van der Waals surface area contributed by atoms with Crippen molar-refractivity contribution >= 4 is 10.8 Å². The highest BCUT2D eigenvalue weighted by Gasteiger charge is 2.14. The molecule has 0 radical (unpaired) electrons. The van der Waals surface area contributed by atoms with Crippen molar-refractivity contribution in [2.75, 3.05) is 12.0 Å². The Morgan fingerprint density at radius 2 is 1.52 bits per heavy atom. The van der Waals surface area contributed by atoms with Crippen molar-refractivity contribution in [3.05, 3.63) is 67.0 Å². The summed E-state index contributed by atoms with van der Waals surface area (Å²) in [7, 11) is -0.688. The monoisotopic (exact) mass is 352 g/mol. The van der Waals surface area contributed by atoms with Crippen LogP contribution in [0.5, 0.6) is 0 Å². The van der Waals surface area contributed by atoms with Gasteiger partial charge in [0.25, 0.3) is 0 Å². The summed E-state index contributed by atoms with van der Waals surface area (Å²) in [4.78, 5) is 4.70. The summed E-state index contributed by atoms with van der Waals surface area (Å²) in [6.45, 7) is 0.931. The van der Waals surface area contributed by atoms with Crippen LogP contribution in [0.4, 0.5) is 0 Å². The van der Waals surface area contributed by atoms with Gasteiger partial charge >= 0.3 is 0 Å². The lowest BCUT2D eigenvalue weighted by Crippen LogP contribution is -2.01. The zero-order valence-electron chi connectivity index (χ0n) is 14.6. The van der Waals surface area contributed by atoms with Crippen LogP contribution < -0.4 is 0 Å². The van der Waals surface area contributed by atoms with Crippen molar-refractivity contribution in [1.82, 2.24) is 9.55 Å². The van der Waals surface area contributed by atoms with Crippen molar-refractivity contribution in [1.29, 1.82) is 0 Å². The SMILES string of the molecule is CS(=O)CCCCCn1cnc(-c2ccccc2)c1-c1ccccc1. The molecule has 2 aromatic carbocycles. The fraction of sp³-hybridized carbons (Fsp3) is 0.286. The van der Waals surface area contributed by atoms with Gasteiger partial charge in [0.05, 0.1) is 17.7 Å². The number of unbranched alkanes of at least 4 members (excludes halogenated alkanes) is 2. The zero-order valence-corrected chi connectivity index (χ0v) is 15.4. The third kappa shape index (κ3) is 4.67. The van der Waals surface area contributed by atoms with E-state index in [0.29, 0.717) is 0 Å². The lowest BCUT2D eigenvalue weighted by Gasteiger charge is -2.11. The van der Waals surface area contributed by atoms with E-state index in [0.717, 1.165) is 42.8 Å². The van der Waals surface area contributed by atoms with Crippen molar-refractivity contribution < 1.29 is 4.21 Å². The lowest BCUT2D eigenvalue weighted by atomic mass is 10.0. The molecule has 4 heteroatoms. The summed E-state index contributed by atoms with van der Waals surface area (Å²) in [6, 6.07) is 20.8. The second-order valence-corrected chi connectivity index (χ2v) is 7.76. The van der Waals surface area contributed by atoms with E-state index in [9.17, 15) is 4.21 Å². The number of hydrogen-bond donors (Lipinski definition) is 0. The largest absolute Gasteiger partial charge is 0.330 e. The Labute approximate surface area is 152 Å². The average molecular weight is 353 g/mol. The van der Waals surface area contributed by atoms with Gasteiger partial charge in [-0.2, -0.15) is 0 Å². The molecule has 0 spiro atoms. The minimum absolute atomic E-state index is 0.688. The topological polar surface area (TPSA) is 34.9 Å². The first-order valence-corrected chi connectivity index (χ1v) is 10.4. The maximum Gasteiger partial charge on any atom is 0.0963 e. The molecule has 0 fully saturated rings. The van der Waals surface area contributed by atoms with E-state index in [-0.39, 0.29) is 0 Å². The van der Waals surface area contributed by atoms with E-state index in [1.807, 2.05) is 30.6 Å². The third-order valence-corrected chi connectivity index (χ3v) is 5.13. The van der Waals surface area contributed by atoms with Gasteiger partial charge in [-0.15, -0.1) is 0 Å². The van der Waals surface area contributed by atoms with Gasteiger partial charge in [-0.25, -0.2) is 4.98 Å². The highest BCUT2D eigenvalue weighted by atomic mass is 32.2. The van der Waals surface area contributed by atoms with Gasteiger partial charge in [0.1, 0.15) is 0 Å². The Morgan fingerprint density at radius 1 is 0.880 bits per heavy atom. The Balaban J connectivity index is 1.83. The normalized spacial score (nSPS) is 12.2. The zero-order chi connectivity index (χ0) is 17.5. The van der Waals surface area contributed by atoms with Gasteiger partial charge < -0.3 is 4.57 Å². The van der Waals surface area contributed by atoms with Crippen LogP contribution >= 0.6 is 0 Å². The summed E-state index contributed by atoms with van der Waals surface area (Å²) in [6.07, 6.45) is 6.90. The number of aryl methyl sites for hydroxylation is 1. The molecule has 1 unspecified atom stereocenters. The van der Waals surface area contributed by atoms with Crippen LogP contribution in [0.25, 0.3) is 22.5 Å². The van der Waals surface area contributed by atoms with Gasteiger partial charge in [-0.05, 0) is 12.8 Å². The Bertz CT molecular complexity index is 812. The highest BCUT2D eigenvalue weighted by Crippen LogP contribution is 2.31. The summed E-state index contributed by atoms with van der Waals surface area (Å²) in [5, 5.41) is 0.